The molecule has 0 spiro atoms. The van der Waals surface area contributed by atoms with Crippen LogP contribution in [0.2, 0.25) is 20.1 Å². The number of benzene rings is 2. The molecule has 0 radical (unpaired) electrons. The highest BCUT2D eigenvalue weighted by Crippen LogP contribution is 2.42. The first kappa shape index (κ1) is 16.6. The van der Waals surface area contributed by atoms with Gasteiger partial charge in [-0.2, -0.15) is 0 Å². The molecule has 0 atom stereocenters. The van der Waals surface area contributed by atoms with Crippen LogP contribution in [0.1, 0.15) is 22.3 Å². The SMILES string of the molecule is Cc1cc(Cl)c(O)c(Cc2c(O)c(Cl)cc(C)c2Cl)c1Cl. The highest BCUT2D eigenvalue weighted by molar-refractivity contribution is 6.36. The van der Waals surface area contributed by atoms with Gasteiger partial charge in [-0.25, -0.2) is 0 Å². The molecule has 0 unspecified atom stereocenters. The monoisotopic (exact) mass is 364 g/mol. The Morgan fingerprint density at radius 1 is 0.762 bits per heavy atom. The minimum atomic E-state index is -0.125. The van der Waals surface area contributed by atoms with E-state index in [1.807, 2.05) is 0 Å². The van der Waals surface area contributed by atoms with Gasteiger partial charge in [-0.1, -0.05) is 46.4 Å². The van der Waals surface area contributed by atoms with Crippen LogP contribution in [0.15, 0.2) is 12.1 Å². The second kappa shape index (κ2) is 6.13. The van der Waals surface area contributed by atoms with Crippen molar-refractivity contribution in [3.8, 4) is 11.5 Å². The Labute approximate surface area is 142 Å². The lowest BCUT2D eigenvalue weighted by molar-refractivity contribution is 0.463. The minimum absolute atomic E-state index is 0.123. The topological polar surface area (TPSA) is 40.5 Å². The highest BCUT2D eigenvalue weighted by Gasteiger charge is 2.19. The van der Waals surface area contributed by atoms with Crippen molar-refractivity contribution in [2.24, 2.45) is 0 Å². The van der Waals surface area contributed by atoms with Gasteiger partial charge >= 0.3 is 0 Å². The lowest BCUT2D eigenvalue weighted by atomic mass is 9.99. The molecular weight excluding hydrogens is 354 g/mol. The molecule has 2 aromatic rings. The molecule has 2 nitrogen and oxygen atoms in total. The largest absolute Gasteiger partial charge is 0.506 e. The van der Waals surface area contributed by atoms with E-state index in [4.69, 9.17) is 46.4 Å². The van der Waals surface area contributed by atoms with Gasteiger partial charge in [-0.3, -0.25) is 0 Å². The molecule has 112 valence electrons. The Bertz CT molecular complexity index is 613. The molecule has 2 aromatic carbocycles. The summed E-state index contributed by atoms with van der Waals surface area (Å²) in [4.78, 5) is 0. The second-order valence-corrected chi connectivity index (χ2v) is 6.38. The average Bonchev–Trinajstić information content (AvgIpc) is 2.42. The maximum Gasteiger partial charge on any atom is 0.139 e. The molecule has 0 fully saturated rings. The highest BCUT2D eigenvalue weighted by atomic mass is 35.5. The first-order valence-electron chi connectivity index (χ1n) is 6.06. The zero-order valence-corrected chi connectivity index (χ0v) is 14.3. The maximum absolute atomic E-state index is 10.1. The summed E-state index contributed by atoms with van der Waals surface area (Å²) in [6.07, 6.45) is 0.123. The van der Waals surface area contributed by atoms with E-state index in [1.165, 1.54) is 0 Å². The summed E-state index contributed by atoms with van der Waals surface area (Å²) in [6, 6.07) is 3.15. The van der Waals surface area contributed by atoms with Crippen LogP contribution in [0.3, 0.4) is 0 Å². The molecule has 0 heterocycles. The number of hydrogen-bond donors (Lipinski definition) is 2. The molecule has 0 aliphatic heterocycles. The van der Waals surface area contributed by atoms with Gasteiger partial charge in [0.25, 0.3) is 0 Å². The van der Waals surface area contributed by atoms with E-state index in [0.717, 1.165) is 11.1 Å². The molecule has 0 aromatic heterocycles. The van der Waals surface area contributed by atoms with Crippen LogP contribution in [0.25, 0.3) is 0 Å². The first-order chi connectivity index (χ1) is 9.73. The average molecular weight is 366 g/mol. The molecular formula is C15H12Cl4O2. The predicted molar refractivity (Wildman–Crippen MR) is 88.5 cm³/mol. The van der Waals surface area contributed by atoms with Crippen LogP contribution in [-0.4, -0.2) is 10.2 Å². The Morgan fingerprint density at radius 2 is 1.10 bits per heavy atom. The number of aromatic hydroxyl groups is 2. The van der Waals surface area contributed by atoms with Gasteiger partial charge in [-0.05, 0) is 37.1 Å². The molecule has 2 rings (SSSR count). The number of halogens is 4. The summed E-state index contributed by atoms with van der Waals surface area (Å²) in [7, 11) is 0. The molecule has 0 saturated heterocycles. The Morgan fingerprint density at radius 3 is 1.43 bits per heavy atom. The maximum atomic E-state index is 10.1. The van der Waals surface area contributed by atoms with Gasteiger partial charge in [0.05, 0.1) is 20.1 Å². The summed E-state index contributed by atoms with van der Waals surface area (Å²) in [5.74, 6) is -0.249. The standard InChI is InChI=1S/C15H12Cl4O2/c1-6-3-10(16)14(20)8(12(6)18)5-9-13(19)7(2)4-11(17)15(9)21/h3-4,20-21H,5H2,1-2H3. The minimum Gasteiger partial charge on any atom is -0.506 e. The van der Waals surface area contributed by atoms with Crippen molar-refractivity contribution in [1.29, 1.82) is 0 Å². The van der Waals surface area contributed by atoms with Crippen molar-refractivity contribution >= 4 is 46.4 Å². The smallest absolute Gasteiger partial charge is 0.139 e. The number of phenols is 2. The van der Waals surface area contributed by atoms with E-state index in [0.29, 0.717) is 21.2 Å². The van der Waals surface area contributed by atoms with Crippen molar-refractivity contribution in [3.05, 3.63) is 54.5 Å². The van der Waals surface area contributed by atoms with E-state index in [-0.39, 0.29) is 28.0 Å². The van der Waals surface area contributed by atoms with Crippen LogP contribution < -0.4 is 0 Å². The van der Waals surface area contributed by atoms with Crippen LogP contribution >= 0.6 is 46.4 Å². The molecule has 0 bridgehead atoms. The fraction of sp³-hybridized carbons (Fsp3) is 0.200. The van der Waals surface area contributed by atoms with Crippen LogP contribution in [-0.2, 0) is 6.42 Å². The van der Waals surface area contributed by atoms with Crippen molar-refractivity contribution in [2.45, 2.75) is 20.3 Å². The van der Waals surface area contributed by atoms with Crippen molar-refractivity contribution in [3.63, 3.8) is 0 Å². The Balaban J connectivity index is 2.64. The Hall–Kier alpha value is -0.800. The molecule has 21 heavy (non-hydrogen) atoms. The van der Waals surface area contributed by atoms with Crippen molar-refractivity contribution in [2.75, 3.05) is 0 Å². The molecule has 0 saturated carbocycles. The Kier molecular flexibility index (Phi) is 4.84. The van der Waals surface area contributed by atoms with E-state index in [1.54, 1.807) is 26.0 Å². The summed E-state index contributed by atoms with van der Waals surface area (Å²) < 4.78 is 0. The third kappa shape index (κ3) is 3.04. The predicted octanol–water partition coefficient (Wildman–Crippen LogP) is 5.92. The summed E-state index contributed by atoms with van der Waals surface area (Å²) in [5, 5.41) is 21.4. The molecule has 6 heteroatoms. The zero-order chi connectivity index (χ0) is 15.9. The fourth-order valence-corrected chi connectivity index (χ4v) is 3.09. The molecule has 0 aliphatic carbocycles. The number of rotatable bonds is 2. The van der Waals surface area contributed by atoms with Gasteiger partial charge in [-0.15, -0.1) is 0 Å². The van der Waals surface area contributed by atoms with Crippen LogP contribution in [0, 0.1) is 13.8 Å². The fourth-order valence-electron chi connectivity index (χ4n) is 2.12. The van der Waals surface area contributed by atoms with Crippen LogP contribution in [0.4, 0.5) is 0 Å². The normalized spacial score (nSPS) is 11.0. The van der Waals surface area contributed by atoms with Crippen molar-refractivity contribution < 1.29 is 10.2 Å². The zero-order valence-electron chi connectivity index (χ0n) is 11.3. The number of phenolic OH excluding ortho intramolecular Hbond substituents is 2. The van der Waals surface area contributed by atoms with Gasteiger partial charge in [0.15, 0.2) is 0 Å². The molecule has 2 N–H and O–H groups in total. The van der Waals surface area contributed by atoms with Crippen molar-refractivity contribution in [1.82, 2.24) is 0 Å². The summed E-state index contributed by atoms with van der Waals surface area (Å²) in [5.41, 5.74) is 2.26. The lowest BCUT2D eigenvalue weighted by Gasteiger charge is -2.15. The number of aryl methyl sites for hydroxylation is 2. The van der Waals surface area contributed by atoms with Gasteiger partial charge in [0.2, 0.25) is 0 Å². The molecule has 0 aliphatic rings. The summed E-state index contributed by atoms with van der Waals surface area (Å²) in [6.45, 7) is 3.56. The number of hydrogen-bond acceptors (Lipinski definition) is 2. The third-order valence-corrected chi connectivity index (χ3v) is 4.92. The van der Waals surface area contributed by atoms with E-state index >= 15 is 0 Å². The van der Waals surface area contributed by atoms with Gasteiger partial charge in [0, 0.05) is 17.5 Å². The second-order valence-electron chi connectivity index (χ2n) is 4.81. The first-order valence-corrected chi connectivity index (χ1v) is 7.58. The van der Waals surface area contributed by atoms with E-state index in [2.05, 4.69) is 0 Å². The van der Waals surface area contributed by atoms with Crippen LogP contribution in [0.5, 0.6) is 11.5 Å². The summed E-state index contributed by atoms with van der Waals surface area (Å²) >= 11 is 24.4. The van der Waals surface area contributed by atoms with E-state index in [9.17, 15) is 10.2 Å². The van der Waals surface area contributed by atoms with E-state index < -0.39 is 0 Å². The molecule has 0 amide bonds. The quantitative estimate of drug-likeness (QED) is 0.693. The third-order valence-electron chi connectivity index (χ3n) is 3.29. The van der Waals surface area contributed by atoms with Gasteiger partial charge in [0.1, 0.15) is 11.5 Å². The lowest BCUT2D eigenvalue weighted by Crippen LogP contribution is -1.97. The van der Waals surface area contributed by atoms with Gasteiger partial charge < -0.3 is 10.2 Å².